The Balaban J connectivity index is 1.70. The molecule has 2 amide bonds. The molecule has 0 N–H and O–H groups in total. The average molecular weight is 563 g/mol. The van der Waals surface area contributed by atoms with Gasteiger partial charge in [0.1, 0.15) is 29.6 Å². The van der Waals surface area contributed by atoms with Crippen molar-refractivity contribution in [2.45, 2.75) is 56.9 Å². The molecular formula is C24H19ClF5N3O5. The molecule has 0 spiro atoms. The maximum absolute atomic E-state index is 14.9. The van der Waals surface area contributed by atoms with E-state index in [4.69, 9.17) is 25.2 Å². The molecule has 2 fully saturated rings. The Morgan fingerprint density at radius 1 is 1.18 bits per heavy atom. The summed E-state index contributed by atoms with van der Waals surface area (Å²) in [7, 11) is 0. The third-order valence-electron chi connectivity index (χ3n) is 6.40. The van der Waals surface area contributed by atoms with E-state index in [1.54, 1.807) is 0 Å². The van der Waals surface area contributed by atoms with Gasteiger partial charge in [-0.2, -0.15) is 13.2 Å². The molecule has 14 heteroatoms. The number of pyridine rings is 1. The predicted molar refractivity (Wildman–Crippen MR) is 122 cm³/mol. The number of carbonyl (C=O) groups is 3. The minimum atomic E-state index is -5.06. The number of amides is 2. The molecule has 202 valence electrons. The van der Waals surface area contributed by atoms with Crippen LogP contribution in [0, 0.1) is 11.6 Å². The van der Waals surface area contributed by atoms with Gasteiger partial charge in [-0.3, -0.25) is 19.3 Å². The van der Waals surface area contributed by atoms with E-state index in [0.29, 0.717) is 17.0 Å². The molecule has 0 saturated carbocycles. The topological polar surface area (TPSA) is 89.0 Å². The Morgan fingerprint density at radius 3 is 2.55 bits per heavy atom. The number of nitrogens with zero attached hydrogens (tertiary/aromatic N) is 3. The summed E-state index contributed by atoms with van der Waals surface area (Å²) in [5.41, 5.74) is -3.33. The summed E-state index contributed by atoms with van der Waals surface area (Å²) in [5.74, 6) is -8.39. The van der Waals surface area contributed by atoms with Crippen molar-refractivity contribution in [3.05, 3.63) is 51.7 Å². The van der Waals surface area contributed by atoms with Crippen LogP contribution >= 0.6 is 11.6 Å². The number of benzene rings is 1. The van der Waals surface area contributed by atoms with Crippen molar-refractivity contribution in [2.24, 2.45) is 0 Å². The second kappa shape index (κ2) is 8.68. The summed E-state index contributed by atoms with van der Waals surface area (Å²) in [6.07, 6.45) is -8.69. The third-order valence-corrected chi connectivity index (χ3v) is 6.69. The number of rotatable bonds is 3. The van der Waals surface area contributed by atoms with Crippen LogP contribution in [0.1, 0.15) is 46.0 Å². The Kier molecular flexibility index (Phi) is 5.21. The van der Waals surface area contributed by atoms with Crippen LogP contribution in [0.2, 0.25) is 5.02 Å². The third kappa shape index (κ3) is 4.12. The van der Waals surface area contributed by atoms with Crippen LogP contribution in [0.3, 0.4) is 0 Å². The van der Waals surface area contributed by atoms with Crippen LogP contribution < -0.4 is 9.80 Å². The number of Topliss-reactive ketones (excluding diaryl/α,β-unsaturated/α-hetero) is 1. The van der Waals surface area contributed by atoms with E-state index in [9.17, 15) is 36.3 Å². The first kappa shape index (κ1) is 22.8. The first-order chi connectivity index (χ1) is 18.8. The van der Waals surface area contributed by atoms with Gasteiger partial charge in [0.2, 0.25) is 0 Å². The molecule has 0 radical (unpaired) electrons. The van der Waals surface area contributed by atoms with E-state index in [1.807, 2.05) is 0 Å². The smallest absolute Gasteiger partial charge is 0.341 e. The highest BCUT2D eigenvalue weighted by Crippen LogP contribution is 2.43. The molecule has 3 atom stereocenters. The van der Waals surface area contributed by atoms with Crippen molar-refractivity contribution in [3.8, 4) is 0 Å². The highest BCUT2D eigenvalue weighted by atomic mass is 35.5. The maximum Gasteiger partial charge on any atom is 0.417 e. The van der Waals surface area contributed by atoms with Gasteiger partial charge in [0, 0.05) is 23.6 Å². The number of hydrogen-bond acceptors (Lipinski definition) is 6. The molecule has 1 aliphatic carbocycles. The summed E-state index contributed by atoms with van der Waals surface area (Å²) in [6, 6.07) is -0.841. The molecule has 3 aliphatic rings. The van der Waals surface area contributed by atoms with Gasteiger partial charge < -0.3 is 14.4 Å². The van der Waals surface area contributed by atoms with E-state index in [1.165, 1.54) is 13.8 Å². The number of halogens is 6. The molecule has 5 rings (SSSR count). The lowest BCUT2D eigenvalue weighted by Crippen LogP contribution is -2.51. The Hall–Kier alpha value is -3.16. The summed E-state index contributed by atoms with van der Waals surface area (Å²) < 4.78 is 106. The van der Waals surface area contributed by atoms with E-state index in [2.05, 4.69) is 4.98 Å². The predicted octanol–water partition coefficient (Wildman–Crippen LogP) is 4.06. The zero-order valence-electron chi connectivity index (χ0n) is 22.5. The maximum atomic E-state index is 14.9. The van der Waals surface area contributed by atoms with Crippen LogP contribution in [0.15, 0.2) is 18.2 Å². The number of aromatic nitrogens is 1. The van der Waals surface area contributed by atoms with Crippen LogP contribution in [-0.2, 0) is 31.7 Å². The molecule has 8 nitrogen and oxygen atoms in total. The van der Waals surface area contributed by atoms with Crippen molar-refractivity contribution < 1.29 is 49.9 Å². The van der Waals surface area contributed by atoms with Crippen molar-refractivity contribution in [1.29, 1.82) is 0 Å². The Bertz CT molecular complexity index is 1500. The quantitative estimate of drug-likeness (QED) is 0.414. The minimum Gasteiger partial charge on any atom is -0.341 e. The normalized spacial score (nSPS) is 25.6. The van der Waals surface area contributed by atoms with Gasteiger partial charge in [-0.25, -0.2) is 13.8 Å². The fourth-order valence-corrected chi connectivity index (χ4v) is 5.01. The van der Waals surface area contributed by atoms with Crippen molar-refractivity contribution in [2.75, 3.05) is 16.8 Å². The van der Waals surface area contributed by atoms with Crippen LogP contribution in [0.5, 0.6) is 0 Å². The average Bonchev–Trinajstić information content (AvgIpc) is 3.44. The van der Waals surface area contributed by atoms with Gasteiger partial charge in [0.05, 0.1) is 27.5 Å². The second-order valence-electron chi connectivity index (χ2n) is 9.34. The van der Waals surface area contributed by atoms with Crippen molar-refractivity contribution in [1.82, 2.24) is 4.98 Å². The summed E-state index contributed by atoms with van der Waals surface area (Å²) in [4.78, 5) is 44.3. The van der Waals surface area contributed by atoms with E-state index >= 15 is 0 Å². The lowest BCUT2D eigenvalue weighted by molar-refractivity contribution is -0.161. The summed E-state index contributed by atoms with van der Waals surface area (Å²) in [5, 5.41) is -0.734. The van der Waals surface area contributed by atoms with Gasteiger partial charge in [-0.15, -0.1) is 0 Å². The van der Waals surface area contributed by atoms with Gasteiger partial charge in [0.25, 0.3) is 11.8 Å². The van der Waals surface area contributed by atoms with Gasteiger partial charge in [-0.1, -0.05) is 11.6 Å². The van der Waals surface area contributed by atoms with Crippen LogP contribution in [0.4, 0.5) is 33.5 Å². The molecule has 0 unspecified atom stereocenters. The Morgan fingerprint density at radius 2 is 1.89 bits per heavy atom. The monoisotopic (exact) mass is 562 g/mol. The highest BCUT2D eigenvalue weighted by Gasteiger charge is 2.61. The standard InChI is InChI=1S/C24H19ClF5N3O5/c1-23(2)37-19-18(21(35)32(3)14-7-10(25)11(26)8-12(14)27)33(22(36)20(19)38-23)16-6-9(24(28,29)30)17-13(31-16)4-5-15(17)34/h6-8,18-20H,4-5H2,1-3H3/t18-,19-,20-/m0/s1/i3D3. The number of aryl methyl sites for hydroxylation is 1. The van der Waals surface area contributed by atoms with E-state index in [0.717, 1.165) is 0 Å². The molecule has 2 aliphatic heterocycles. The van der Waals surface area contributed by atoms with Gasteiger partial charge in [-0.05, 0) is 32.4 Å². The number of alkyl halides is 3. The summed E-state index contributed by atoms with van der Waals surface area (Å²) >= 11 is 5.73. The lowest BCUT2D eigenvalue weighted by Gasteiger charge is -2.32. The van der Waals surface area contributed by atoms with E-state index in [-0.39, 0.29) is 29.5 Å². The molecule has 2 saturated heterocycles. The largest absolute Gasteiger partial charge is 0.417 e. The number of hydrogen-bond donors (Lipinski definition) is 0. The molecule has 0 bridgehead atoms. The molecule has 3 heterocycles. The zero-order valence-corrected chi connectivity index (χ0v) is 20.3. The number of carbonyl (C=O) groups excluding carboxylic acids is 3. The SMILES string of the molecule is [2H]C([2H])([2H])N(C(=O)[C@@H]1[C@@H]2OC(C)(C)O[C@@H]2C(=O)N1c1cc(C(F)(F)F)c2c(n1)CCC2=O)c1cc(Cl)c(F)cc1F. The van der Waals surface area contributed by atoms with Gasteiger partial charge >= 0.3 is 6.18 Å². The van der Waals surface area contributed by atoms with Crippen LogP contribution in [0.25, 0.3) is 0 Å². The van der Waals surface area contributed by atoms with Crippen molar-refractivity contribution in [3.63, 3.8) is 0 Å². The number of anilines is 2. The number of likely N-dealkylation sites (N-methyl/N-ethyl adjacent to an activating group) is 1. The first-order valence-electron chi connectivity index (χ1n) is 12.6. The molecule has 1 aromatic carbocycles. The highest BCUT2D eigenvalue weighted by molar-refractivity contribution is 6.31. The molecule has 1 aromatic heterocycles. The molecule has 38 heavy (non-hydrogen) atoms. The van der Waals surface area contributed by atoms with Crippen LogP contribution in [-0.4, -0.2) is 53.6 Å². The first-order valence-corrected chi connectivity index (χ1v) is 11.5. The second-order valence-corrected chi connectivity index (χ2v) is 9.74. The summed E-state index contributed by atoms with van der Waals surface area (Å²) in [6.45, 7) is -0.700. The Labute approximate surface area is 221 Å². The lowest BCUT2D eigenvalue weighted by atomic mass is 10.1. The fourth-order valence-electron chi connectivity index (χ4n) is 4.85. The number of ether oxygens (including phenoxy) is 2. The van der Waals surface area contributed by atoms with Gasteiger partial charge in [0.15, 0.2) is 17.7 Å². The van der Waals surface area contributed by atoms with E-state index < -0.39 is 94.1 Å². The zero-order chi connectivity index (χ0) is 30.4. The molecule has 2 aromatic rings. The molecular weight excluding hydrogens is 541 g/mol. The minimum absolute atomic E-state index is 0.0583. The number of fused-ring (bicyclic) bond motifs is 2. The van der Waals surface area contributed by atoms with Crippen molar-refractivity contribution >= 4 is 40.7 Å². The number of ketones is 1. The fraction of sp³-hybridized carbons (Fsp3) is 0.417.